The van der Waals surface area contributed by atoms with Crippen molar-refractivity contribution in [2.24, 2.45) is 5.92 Å². The van der Waals surface area contributed by atoms with E-state index in [2.05, 4.69) is 10.6 Å². The Labute approximate surface area is 131 Å². The van der Waals surface area contributed by atoms with E-state index in [0.29, 0.717) is 0 Å². The van der Waals surface area contributed by atoms with Crippen molar-refractivity contribution in [3.05, 3.63) is 29.8 Å². The van der Waals surface area contributed by atoms with Crippen LogP contribution in [0.5, 0.6) is 5.75 Å². The molecule has 1 unspecified atom stereocenters. The molecule has 1 aromatic rings. The van der Waals surface area contributed by atoms with Gasteiger partial charge in [0.05, 0.1) is 5.56 Å². The molecule has 0 aliphatic carbocycles. The molecule has 1 aromatic carbocycles. The molecule has 0 aromatic heterocycles. The second-order valence-electron chi connectivity index (χ2n) is 4.18. The highest BCUT2D eigenvalue weighted by molar-refractivity contribution is 8.08. The van der Waals surface area contributed by atoms with Crippen molar-refractivity contribution in [2.75, 3.05) is 14.2 Å². The minimum absolute atomic E-state index is 0.133. The highest BCUT2D eigenvalue weighted by Gasteiger charge is 2.42. The second kappa shape index (κ2) is 6.64. The third-order valence-corrected chi connectivity index (χ3v) is 5.44. The van der Waals surface area contributed by atoms with Crippen LogP contribution < -0.4 is 15.4 Å². The molecule has 2 rings (SSSR count). The summed E-state index contributed by atoms with van der Waals surface area (Å²) >= 11 is 4.99. The molecule has 118 valence electrons. The van der Waals surface area contributed by atoms with E-state index in [1.165, 1.54) is 26.4 Å². The molecule has 10 heteroatoms. The number of carbonyl (C=O) groups excluding carboxylic acids is 3. The molecule has 1 amide bonds. The van der Waals surface area contributed by atoms with Crippen LogP contribution in [-0.2, 0) is 30.4 Å². The van der Waals surface area contributed by atoms with E-state index in [0.717, 1.165) is 0 Å². The van der Waals surface area contributed by atoms with Gasteiger partial charge in [0.1, 0.15) is 5.75 Å². The molecule has 0 radical (unpaired) electrons. The van der Waals surface area contributed by atoms with Crippen LogP contribution in [0.3, 0.4) is 0 Å². The van der Waals surface area contributed by atoms with Crippen molar-refractivity contribution in [1.82, 2.24) is 10.6 Å². The number of Topliss-reactive ketones (excluding diaryl/α,β-unsaturated/α-hetero) is 1. The number of ketones is 1. The average Bonchev–Trinajstić information content (AvgIpc) is 2.52. The van der Waals surface area contributed by atoms with Crippen LogP contribution in [0.4, 0.5) is 0 Å². The summed E-state index contributed by atoms with van der Waals surface area (Å²) in [5.74, 6) is -3.97. The first-order chi connectivity index (χ1) is 10.4. The number of benzene rings is 1. The van der Waals surface area contributed by atoms with Gasteiger partial charge in [0.15, 0.2) is 11.7 Å². The molecule has 0 fully saturated rings. The van der Waals surface area contributed by atoms with Crippen molar-refractivity contribution < 1.29 is 28.2 Å². The Morgan fingerprint density at radius 2 is 1.91 bits per heavy atom. The molecule has 22 heavy (non-hydrogen) atoms. The Hall–Kier alpha value is -1.64. The zero-order valence-corrected chi connectivity index (χ0v) is 13.4. The van der Waals surface area contributed by atoms with Gasteiger partial charge in [-0.15, -0.1) is 0 Å². The fourth-order valence-electron chi connectivity index (χ4n) is 1.78. The summed E-state index contributed by atoms with van der Waals surface area (Å²) in [5.41, 5.74) is 2.34. The molecule has 1 atom stereocenters. The molecule has 2 N–H and O–H groups in total. The lowest BCUT2D eigenvalue weighted by molar-refractivity contribution is -0.143. The smallest absolute Gasteiger partial charge is 0.332 e. The average molecular weight is 344 g/mol. The van der Waals surface area contributed by atoms with Crippen LogP contribution >= 0.6 is 6.64 Å². The van der Waals surface area contributed by atoms with Crippen LogP contribution in [0, 0.1) is 5.92 Å². The zero-order valence-electron chi connectivity index (χ0n) is 11.7. The van der Waals surface area contributed by atoms with E-state index in [4.69, 9.17) is 25.6 Å². The van der Waals surface area contributed by atoms with Crippen molar-refractivity contribution >= 4 is 36.1 Å². The summed E-state index contributed by atoms with van der Waals surface area (Å²) in [6, 6.07) is 6.19. The molecule has 1 heterocycles. The standard InChI is InChI=1S/C12H13N2O6PS/c1-18-21(22,19-2)14-13-11(16)9-10(15)7-5-3-4-6-8(7)20-12(9)17/h3-6,9H,1-2H3,(H,13,16)(H,14,22). The van der Waals surface area contributed by atoms with Crippen LogP contribution in [-0.4, -0.2) is 31.9 Å². The number of hydrazine groups is 1. The largest absolute Gasteiger partial charge is 0.425 e. The van der Waals surface area contributed by atoms with Gasteiger partial charge in [0.2, 0.25) is 0 Å². The number of ether oxygens (including phenoxy) is 1. The van der Waals surface area contributed by atoms with Crippen molar-refractivity contribution in [3.63, 3.8) is 0 Å². The molecular weight excluding hydrogens is 331 g/mol. The van der Waals surface area contributed by atoms with E-state index in [-0.39, 0.29) is 11.3 Å². The van der Waals surface area contributed by atoms with Crippen LogP contribution in [0.25, 0.3) is 0 Å². The van der Waals surface area contributed by atoms with Crippen molar-refractivity contribution in [1.29, 1.82) is 0 Å². The van der Waals surface area contributed by atoms with Gasteiger partial charge in [-0.1, -0.05) is 12.1 Å². The number of para-hydroxylation sites is 1. The summed E-state index contributed by atoms with van der Waals surface area (Å²) in [6.45, 7) is -2.90. The Kier molecular flexibility index (Phi) is 5.05. The molecule has 0 spiro atoms. The Morgan fingerprint density at radius 3 is 2.55 bits per heavy atom. The van der Waals surface area contributed by atoms with E-state index < -0.39 is 30.2 Å². The SMILES string of the molecule is COP(=S)(NNC(=O)C1C(=O)Oc2ccccc2C1=O)OC. The van der Waals surface area contributed by atoms with Gasteiger partial charge in [0.25, 0.3) is 12.5 Å². The molecule has 0 bridgehead atoms. The maximum absolute atomic E-state index is 12.3. The van der Waals surface area contributed by atoms with E-state index >= 15 is 0 Å². The molecule has 0 saturated heterocycles. The summed E-state index contributed by atoms with van der Waals surface area (Å²) in [4.78, 5) is 36.2. The minimum Gasteiger partial charge on any atom is -0.425 e. The van der Waals surface area contributed by atoms with E-state index in [1.54, 1.807) is 12.1 Å². The molecule has 1 aliphatic heterocycles. The first-order valence-corrected chi connectivity index (χ1v) is 8.69. The van der Waals surface area contributed by atoms with E-state index in [1.807, 2.05) is 0 Å². The fraction of sp³-hybridized carbons (Fsp3) is 0.250. The lowest BCUT2D eigenvalue weighted by atomic mass is 9.94. The minimum atomic E-state index is -2.90. The summed E-state index contributed by atoms with van der Waals surface area (Å²) in [6.07, 6.45) is 0. The van der Waals surface area contributed by atoms with Crippen LogP contribution in [0.15, 0.2) is 24.3 Å². The lowest BCUT2D eigenvalue weighted by Gasteiger charge is -2.23. The highest BCUT2D eigenvalue weighted by atomic mass is 32.5. The topological polar surface area (TPSA) is 103 Å². The maximum Gasteiger partial charge on any atom is 0.332 e. The van der Waals surface area contributed by atoms with Gasteiger partial charge < -0.3 is 13.8 Å². The van der Waals surface area contributed by atoms with Crippen LogP contribution in [0.1, 0.15) is 10.4 Å². The number of fused-ring (bicyclic) bond motifs is 1. The Bertz CT molecular complexity index is 671. The third-order valence-electron chi connectivity index (χ3n) is 2.92. The van der Waals surface area contributed by atoms with Gasteiger partial charge in [-0.05, 0) is 23.9 Å². The first-order valence-electron chi connectivity index (χ1n) is 6.05. The monoisotopic (exact) mass is 344 g/mol. The summed E-state index contributed by atoms with van der Waals surface area (Å²) < 4.78 is 14.8. The van der Waals surface area contributed by atoms with Gasteiger partial charge in [-0.25, -0.2) is 0 Å². The number of carbonyl (C=O) groups is 3. The predicted octanol–water partition coefficient (Wildman–Crippen LogP) is 0.543. The van der Waals surface area contributed by atoms with Gasteiger partial charge >= 0.3 is 5.97 Å². The fourth-order valence-corrected chi connectivity index (χ4v) is 2.49. The molecule has 0 saturated carbocycles. The third kappa shape index (κ3) is 3.23. The first kappa shape index (κ1) is 16.7. The molecule has 1 aliphatic rings. The number of amides is 1. The quantitative estimate of drug-likeness (QED) is 0.262. The Balaban J connectivity index is 2.16. The summed E-state index contributed by atoms with van der Waals surface area (Å²) in [7, 11) is 2.61. The van der Waals surface area contributed by atoms with Gasteiger partial charge in [0, 0.05) is 14.2 Å². The normalized spacial score (nSPS) is 17.6. The second-order valence-corrected chi connectivity index (χ2v) is 7.57. The number of nitrogens with one attached hydrogen (secondary N) is 2. The zero-order chi connectivity index (χ0) is 16.3. The van der Waals surface area contributed by atoms with Crippen molar-refractivity contribution in [3.8, 4) is 5.75 Å². The number of rotatable bonds is 5. The van der Waals surface area contributed by atoms with Gasteiger partial charge in [-0.3, -0.25) is 19.8 Å². The van der Waals surface area contributed by atoms with Crippen LogP contribution in [0.2, 0.25) is 0 Å². The number of hydrogen-bond donors (Lipinski definition) is 2. The van der Waals surface area contributed by atoms with Gasteiger partial charge in [-0.2, -0.15) is 5.20 Å². The van der Waals surface area contributed by atoms with E-state index in [9.17, 15) is 14.4 Å². The summed E-state index contributed by atoms with van der Waals surface area (Å²) in [5, 5.41) is 2.38. The Morgan fingerprint density at radius 1 is 1.27 bits per heavy atom. The maximum atomic E-state index is 12.3. The number of esters is 1. The molecule has 8 nitrogen and oxygen atoms in total. The predicted molar refractivity (Wildman–Crippen MR) is 79.5 cm³/mol. The number of hydrogen-bond acceptors (Lipinski definition) is 7. The lowest BCUT2D eigenvalue weighted by Crippen LogP contribution is -2.48. The highest BCUT2D eigenvalue weighted by Crippen LogP contribution is 2.40. The molecular formula is C12H13N2O6PS. The van der Waals surface area contributed by atoms with Crippen molar-refractivity contribution in [2.45, 2.75) is 0 Å².